The van der Waals surface area contributed by atoms with Gasteiger partial charge in [0.15, 0.2) is 0 Å². The van der Waals surface area contributed by atoms with Crippen molar-refractivity contribution < 1.29 is 49.7 Å². The number of hydrogen-bond donors (Lipinski definition) is 0. The van der Waals surface area contributed by atoms with Crippen LogP contribution >= 0.6 is 0 Å². The van der Waals surface area contributed by atoms with Crippen LogP contribution in [0.5, 0.6) is 0 Å². The first-order chi connectivity index (χ1) is 9.99. The summed E-state index contributed by atoms with van der Waals surface area (Å²) < 4.78 is 8.40. The Hall–Kier alpha value is 0.431. The Bertz CT molecular complexity index is 597. The molecule has 0 radical (unpaired) electrons. The zero-order chi connectivity index (χ0) is 16.8. The predicted octanol–water partition coefficient (Wildman–Crippen LogP) is -0.332. The molecule has 0 heterocycles. The van der Waals surface area contributed by atoms with Gasteiger partial charge in [0.25, 0.3) is 0 Å². The molecule has 1 unspecified atom stereocenters. The monoisotopic (exact) mass is 419 g/mol. The SMILES string of the molecule is CC1=CCC(O[Si](C)(C)C)(C(C)(C)C2=[C]([Ti+2])CC=C2)C(C)=C1.[Cl-].[Cl-]. The molecule has 2 aliphatic rings. The third-order valence-electron chi connectivity index (χ3n) is 4.89. The molecule has 5 heteroatoms. The Morgan fingerprint density at radius 3 is 2.17 bits per heavy atom. The third-order valence-corrected chi connectivity index (χ3v) is 6.59. The van der Waals surface area contributed by atoms with E-state index in [4.69, 9.17) is 4.43 Å². The van der Waals surface area contributed by atoms with Gasteiger partial charge in [-0.2, -0.15) is 0 Å². The standard InChI is InChI=1S/C19H29OSi.2ClH.Ti/c1-15-12-13-19(16(2)14-15,20-21(5,6)7)18(3,4)17-10-8-9-11-17;;;/h8,10,12,14H,9,13H2,1-7H3;2*1H;/q;;;+2/p-2. The van der Waals surface area contributed by atoms with E-state index in [9.17, 15) is 0 Å². The van der Waals surface area contributed by atoms with Gasteiger partial charge in [0.1, 0.15) is 0 Å². The average Bonchev–Trinajstić information content (AvgIpc) is 2.78. The second-order valence-corrected chi connectivity index (χ2v) is 13.5. The van der Waals surface area contributed by atoms with Crippen molar-refractivity contribution in [3.8, 4) is 0 Å². The summed E-state index contributed by atoms with van der Waals surface area (Å²) in [5, 5.41) is 0. The summed E-state index contributed by atoms with van der Waals surface area (Å²) in [5.41, 5.74) is 3.95. The first-order valence-electron chi connectivity index (χ1n) is 8.17. The van der Waals surface area contributed by atoms with Crippen molar-refractivity contribution in [1.29, 1.82) is 0 Å². The van der Waals surface area contributed by atoms with E-state index in [1.165, 1.54) is 20.6 Å². The molecular weight excluding hydrogens is 391 g/mol. The molecule has 0 bridgehead atoms. The molecule has 0 aliphatic heterocycles. The van der Waals surface area contributed by atoms with Crippen molar-refractivity contribution in [2.24, 2.45) is 5.41 Å². The summed E-state index contributed by atoms with van der Waals surface area (Å²) in [7, 11) is -1.68. The predicted molar refractivity (Wildman–Crippen MR) is 93.9 cm³/mol. The maximum absolute atomic E-state index is 6.91. The van der Waals surface area contributed by atoms with Crippen molar-refractivity contribution in [3.05, 3.63) is 44.9 Å². The van der Waals surface area contributed by atoms with E-state index in [0.29, 0.717) is 0 Å². The smallest absolute Gasteiger partial charge is 1.00 e. The maximum Gasteiger partial charge on any atom is -1.00 e. The largest absolute Gasteiger partial charge is 1.00 e. The van der Waals surface area contributed by atoms with Crippen LogP contribution in [0.1, 0.15) is 40.5 Å². The Balaban J connectivity index is 0.00000264. The Morgan fingerprint density at radius 1 is 1.17 bits per heavy atom. The second kappa shape index (κ2) is 8.41. The van der Waals surface area contributed by atoms with E-state index in [-0.39, 0.29) is 35.8 Å². The van der Waals surface area contributed by atoms with Crippen LogP contribution in [0.15, 0.2) is 44.9 Å². The average molecular weight is 420 g/mol. The topological polar surface area (TPSA) is 9.23 Å². The molecule has 0 spiro atoms. The summed E-state index contributed by atoms with van der Waals surface area (Å²) in [6.07, 6.45) is 11.3. The van der Waals surface area contributed by atoms with E-state index < -0.39 is 8.32 Å². The minimum Gasteiger partial charge on any atom is -1.00 e. The molecule has 0 saturated carbocycles. The van der Waals surface area contributed by atoms with Crippen molar-refractivity contribution in [1.82, 2.24) is 0 Å². The van der Waals surface area contributed by atoms with Gasteiger partial charge in [0.05, 0.1) is 0 Å². The molecule has 0 aromatic carbocycles. The van der Waals surface area contributed by atoms with Crippen molar-refractivity contribution in [2.45, 2.75) is 65.8 Å². The molecule has 133 valence electrons. The molecule has 1 atom stereocenters. The fourth-order valence-corrected chi connectivity index (χ4v) is 6.16. The molecule has 1 nitrogen and oxygen atoms in total. The zero-order valence-corrected chi connectivity index (χ0v) is 20.0. The molecule has 0 saturated heterocycles. The van der Waals surface area contributed by atoms with Gasteiger partial charge in [0.2, 0.25) is 0 Å². The van der Waals surface area contributed by atoms with Gasteiger partial charge in [-0.3, -0.25) is 0 Å². The number of allylic oxidation sites excluding steroid dienone is 5. The fourth-order valence-electron chi connectivity index (χ4n) is 3.81. The van der Waals surface area contributed by atoms with Gasteiger partial charge in [-0.05, 0) is 0 Å². The summed E-state index contributed by atoms with van der Waals surface area (Å²) in [6.45, 7) is 16.1. The van der Waals surface area contributed by atoms with E-state index in [1.807, 2.05) is 0 Å². The van der Waals surface area contributed by atoms with Crippen LogP contribution in [0.25, 0.3) is 0 Å². The Kier molecular flexibility index (Phi) is 8.57. The van der Waals surface area contributed by atoms with Gasteiger partial charge >= 0.3 is 149 Å². The van der Waals surface area contributed by atoms with E-state index in [2.05, 4.69) is 92.1 Å². The number of rotatable bonds is 4. The number of hydrogen-bond acceptors (Lipinski definition) is 1. The Labute approximate surface area is 173 Å². The second-order valence-electron chi connectivity index (χ2n) is 8.14. The Morgan fingerprint density at radius 2 is 1.75 bits per heavy atom. The van der Waals surface area contributed by atoms with E-state index in [1.54, 1.807) is 0 Å². The van der Waals surface area contributed by atoms with Crippen LogP contribution in [0.2, 0.25) is 19.6 Å². The van der Waals surface area contributed by atoms with Crippen LogP contribution in [0.4, 0.5) is 0 Å². The first kappa shape index (κ1) is 24.4. The summed E-state index contributed by atoms with van der Waals surface area (Å²) in [6, 6.07) is 0. The van der Waals surface area contributed by atoms with Crippen LogP contribution in [-0.4, -0.2) is 13.9 Å². The molecule has 24 heavy (non-hydrogen) atoms. The fraction of sp³-hybridized carbons (Fsp3) is 0.579. The maximum atomic E-state index is 6.91. The number of halogens is 2. The minimum absolute atomic E-state index is 0. The van der Waals surface area contributed by atoms with Crippen LogP contribution < -0.4 is 24.8 Å². The zero-order valence-electron chi connectivity index (χ0n) is 15.9. The molecule has 2 rings (SSSR count). The van der Waals surface area contributed by atoms with Gasteiger partial charge in [0, 0.05) is 0 Å². The van der Waals surface area contributed by atoms with Crippen molar-refractivity contribution in [2.75, 3.05) is 0 Å². The summed E-state index contributed by atoms with van der Waals surface area (Å²) in [4.78, 5) is 0. The molecule has 0 N–H and O–H groups in total. The molecule has 0 amide bonds. The minimum atomic E-state index is -1.68. The van der Waals surface area contributed by atoms with Crippen molar-refractivity contribution in [3.63, 3.8) is 0 Å². The van der Waals surface area contributed by atoms with Gasteiger partial charge in [-0.25, -0.2) is 0 Å². The molecular formula is C19H29Cl2OSiTi. The molecule has 2 aliphatic carbocycles. The van der Waals surface area contributed by atoms with E-state index in [0.717, 1.165) is 12.8 Å². The van der Waals surface area contributed by atoms with Crippen molar-refractivity contribution >= 4 is 8.32 Å². The van der Waals surface area contributed by atoms with Crippen LogP contribution in [-0.2, 0) is 24.9 Å². The van der Waals surface area contributed by atoms with Crippen LogP contribution in [0.3, 0.4) is 0 Å². The summed E-state index contributed by atoms with van der Waals surface area (Å²) in [5.74, 6) is 0. The molecule has 0 fully saturated rings. The van der Waals surface area contributed by atoms with E-state index >= 15 is 0 Å². The van der Waals surface area contributed by atoms with Gasteiger partial charge in [-0.1, -0.05) is 0 Å². The van der Waals surface area contributed by atoms with Gasteiger partial charge < -0.3 is 24.8 Å². The third kappa shape index (κ3) is 4.58. The summed E-state index contributed by atoms with van der Waals surface area (Å²) >= 11 is 2.27. The van der Waals surface area contributed by atoms with Gasteiger partial charge in [-0.15, -0.1) is 0 Å². The first-order valence-corrected chi connectivity index (χ1v) is 12.4. The molecule has 0 aromatic heterocycles. The molecule has 0 aromatic rings. The normalized spacial score (nSPS) is 24.2. The van der Waals surface area contributed by atoms with Crippen LogP contribution in [0, 0.1) is 5.41 Å². The quantitative estimate of drug-likeness (QED) is 0.567.